The van der Waals surface area contributed by atoms with Crippen molar-refractivity contribution in [2.75, 3.05) is 13.2 Å². The van der Waals surface area contributed by atoms with Crippen molar-refractivity contribution in [1.82, 2.24) is 9.55 Å². The Morgan fingerprint density at radius 2 is 1.80 bits per heavy atom. The summed E-state index contributed by atoms with van der Waals surface area (Å²) < 4.78 is 6.78. The molecule has 0 saturated carbocycles. The van der Waals surface area contributed by atoms with Crippen LogP contribution in [0.5, 0.6) is 11.6 Å². The van der Waals surface area contributed by atoms with E-state index in [1.54, 1.807) is 0 Å². The maximum absolute atomic E-state index is 12.1. The van der Waals surface area contributed by atoms with Gasteiger partial charge in [0.25, 0.3) is 5.56 Å². The predicted molar refractivity (Wildman–Crippen MR) is 117 cm³/mol. The van der Waals surface area contributed by atoms with Crippen LogP contribution in [0.3, 0.4) is 0 Å². The molecule has 0 atom stereocenters. The normalized spacial score (nSPS) is 11.1. The molecule has 0 unspecified atom stereocenters. The van der Waals surface area contributed by atoms with E-state index in [9.17, 15) is 14.7 Å². The minimum atomic E-state index is -0.669. The van der Waals surface area contributed by atoms with Gasteiger partial charge in [-0.15, -0.1) is 0 Å². The van der Waals surface area contributed by atoms with Gasteiger partial charge in [0.15, 0.2) is 0 Å². The Hall–Kier alpha value is -3.61. The molecule has 1 heterocycles. The molecule has 7 nitrogen and oxygen atoms in total. The number of H-pyrrole nitrogens is 1. The molecule has 0 aliphatic carbocycles. The highest BCUT2D eigenvalue weighted by Crippen LogP contribution is 2.13. The number of hydrogen-bond donors (Lipinski definition) is 2. The third-order valence-corrected chi connectivity index (χ3v) is 4.64. The fourth-order valence-electron chi connectivity index (χ4n) is 2.93. The topological polar surface area (TPSA) is 96.7 Å². The number of rotatable bonds is 9. The molecule has 156 valence electrons. The Morgan fingerprint density at radius 3 is 2.50 bits per heavy atom. The highest BCUT2D eigenvalue weighted by Gasteiger charge is 2.12. The van der Waals surface area contributed by atoms with E-state index >= 15 is 0 Å². The van der Waals surface area contributed by atoms with E-state index in [-0.39, 0.29) is 12.1 Å². The minimum absolute atomic E-state index is 0.0402. The number of nitrogens with zero attached hydrogens (tertiary/aromatic N) is 2. The van der Waals surface area contributed by atoms with E-state index in [0.717, 1.165) is 22.3 Å². The summed E-state index contributed by atoms with van der Waals surface area (Å²) in [6.07, 6.45) is 2.93. The number of aromatic amines is 1. The zero-order valence-corrected chi connectivity index (χ0v) is 16.9. The minimum Gasteiger partial charge on any atom is -0.494 e. The van der Waals surface area contributed by atoms with Crippen molar-refractivity contribution < 1.29 is 9.84 Å². The summed E-state index contributed by atoms with van der Waals surface area (Å²) in [6, 6.07) is 17.2. The van der Waals surface area contributed by atoms with Gasteiger partial charge in [0, 0.05) is 19.2 Å². The molecule has 1 aromatic heterocycles. The molecule has 30 heavy (non-hydrogen) atoms. The maximum Gasteiger partial charge on any atom is 0.331 e. The molecule has 0 aliphatic rings. The van der Waals surface area contributed by atoms with Gasteiger partial charge in [0.2, 0.25) is 5.88 Å². The zero-order chi connectivity index (χ0) is 21.3. The van der Waals surface area contributed by atoms with Crippen LogP contribution >= 0.6 is 0 Å². The first kappa shape index (κ1) is 21.1. The lowest BCUT2D eigenvalue weighted by molar-refractivity contribution is 0.313. The second-order valence-electron chi connectivity index (χ2n) is 6.80. The number of aromatic hydroxyl groups is 1. The van der Waals surface area contributed by atoms with E-state index in [1.807, 2.05) is 54.6 Å². The van der Waals surface area contributed by atoms with Crippen LogP contribution < -0.4 is 16.0 Å². The largest absolute Gasteiger partial charge is 0.494 e. The third-order valence-electron chi connectivity index (χ3n) is 4.64. The molecule has 0 bridgehead atoms. The average molecular weight is 407 g/mol. The Bertz CT molecular complexity index is 1100. The smallest absolute Gasteiger partial charge is 0.331 e. The summed E-state index contributed by atoms with van der Waals surface area (Å²) in [5.74, 6) is 0.405. The zero-order valence-electron chi connectivity index (χ0n) is 16.9. The summed E-state index contributed by atoms with van der Waals surface area (Å²) >= 11 is 0. The van der Waals surface area contributed by atoms with Crippen LogP contribution in [-0.4, -0.2) is 34.0 Å². The first-order valence-corrected chi connectivity index (χ1v) is 9.90. The molecule has 0 spiro atoms. The molecule has 3 rings (SSSR count). The van der Waals surface area contributed by atoms with Crippen molar-refractivity contribution in [3.8, 4) is 11.6 Å². The molecule has 2 N–H and O–H groups in total. The van der Waals surface area contributed by atoms with E-state index in [2.05, 4.69) is 16.9 Å². The number of aliphatic imine (C=N–C) groups is 1. The Labute approximate surface area is 174 Å². The van der Waals surface area contributed by atoms with Gasteiger partial charge in [-0.05, 0) is 29.7 Å². The second kappa shape index (κ2) is 10.2. The van der Waals surface area contributed by atoms with Gasteiger partial charge in [-0.3, -0.25) is 19.3 Å². The van der Waals surface area contributed by atoms with Gasteiger partial charge in [-0.25, -0.2) is 4.79 Å². The SMILES string of the molecule is CCc1ccc(OCCCN=Cc2c(O)n(Cc3ccccc3)c(=O)[nH]c2=O)cc1. The molecular formula is C23H25N3O4. The number of aryl methyl sites for hydroxylation is 1. The van der Waals surface area contributed by atoms with Gasteiger partial charge in [0.05, 0.1) is 13.2 Å². The average Bonchev–Trinajstić information content (AvgIpc) is 2.76. The number of hydrogen-bond acceptors (Lipinski definition) is 5. The molecule has 0 fully saturated rings. The monoisotopic (exact) mass is 407 g/mol. The van der Waals surface area contributed by atoms with Crippen LogP contribution in [0.4, 0.5) is 0 Å². The van der Waals surface area contributed by atoms with Crippen molar-refractivity contribution in [1.29, 1.82) is 0 Å². The highest BCUT2D eigenvalue weighted by molar-refractivity contribution is 5.81. The number of benzene rings is 2. The highest BCUT2D eigenvalue weighted by atomic mass is 16.5. The molecule has 0 saturated heterocycles. The summed E-state index contributed by atoms with van der Waals surface area (Å²) in [6.45, 7) is 3.15. The van der Waals surface area contributed by atoms with E-state index in [0.29, 0.717) is 19.6 Å². The first-order valence-electron chi connectivity index (χ1n) is 9.90. The molecular weight excluding hydrogens is 382 g/mol. The Kier molecular flexibility index (Phi) is 7.21. The summed E-state index contributed by atoms with van der Waals surface area (Å²) in [5.41, 5.74) is 0.708. The maximum atomic E-state index is 12.1. The lowest BCUT2D eigenvalue weighted by Gasteiger charge is -2.09. The summed E-state index contributed by atoms with van der Waals surface area (Å²) in [7, 11) is 0. The Balaban J connectivity index is 1.60. The summed E-state index contributed by atoms with van der Waals surface area (Å²) in [5, 5.41) is 10.4. The predicted octanol–water partition coefficient (Wildman–Crippen LogP) is 2.74. The van der Waals surface area contributed by atoms with Crippen LogP contribution in [0.15, 0.2) is 69.2 Å². The molecule has 2 aromatic carbocycles. The lowest BCUT2D eigenvalue weighted by atomic mass is 10.2. The van der Waals surface area contributed by atoms with Crippen LogP contribution in [0.1, 0.15) is 30.0 Å². The lowest BCUT2D eigenvalue weighted by Crippen LogP contribution is -2.32. The van der Waals surface area contributed by atoms with Crippen molar-refractivity contribution in [3.05, 3.63) is 92.1 Å². The Morgan fingerprint density at radius 1 is 1.07 bits per heavy atom. The standard InChI is InChI=1S/C23H25N3O4/c1-2-17-9-11-19(12-10-17)30-14-6-13-24-15-20-21(27)25-23(29)26(22(20)28)16-18-7-4-3-5-8-18/h3-5,7-12,15,28H,2,6,13-14,16H2,1H3,(H,25,27,29). The van der Waals surface area contributed by atoms with Gasteiger partial charge < -0.3 is 9.84 Å². The van der Waals surface area contributed by atoms with E-state index in [4.69, 9.17) is 4.74 Å². The van der Waals surface area contributed by atoms with Gasteiger partial charge in [-0.2, -0.15) is 0 Å². The van der Waals surface area contributed by atoms with Gasteiger partial charge >= 0.3 is 5.69 Å². The van der Waals surface area contributed by atoms with Gasteiger partial charge in [0.1, 0.15) is 11.3 Å². The first-order chi connectivity index (χ1) is 14.6. The third kappa shape index (κ3) is 5.47. The van der Waals surface area contributed by atoms with E-state index in [1.165, 1.54) is 11.8 Å². The fourth-order valence-corrected chi connectivity index (χ4v) is 2.93. The van der Waals surface area contributed by atoms with Crippen LogP contribution in [0.2, 0.25) is 0 Å². The second-order valence-corrected chi connectivity index (χ2v) is 6.80. The molecule has 0 aliphatic heterocycles. The number of ether oxygens (including phenoxy) is 1. The molecule has 7 heteroatoms. The van der Waals surface area contributed by atoms with Crippen molar-refractivity contribution >= 4 is 6.21 Å². The summed E-state index contributed by atoms with van der Waals surface area (Å²) in [4.78, 5) is 30.6. The fraction of sp³-hybridized carbons (Fsp3) is 0.261. The molecule has 0 radical (unpaired) electrons. The van der Waals surface area contributed by atoms with Crippen molar-refractivity contribution in [3.63, 3.8) is 0 Å². The van der Waals surface area contributed by atoms with Gasteiger partial charge in [-0.1, -0.05) is 49.4 Å². The number of aromatic nitrogens is 2. The van der Waals surface area contributed by atoms with E-state index < -0.39 is 17.1 Å². The van der Waals surface area contributed by atoms with Crippen LogP contribution in [0, 0.1) is 0 Å². The molecule has 0 amide bonds. The number of nitrogens with one attached hydrogen (secondary N) is 1. The quantitative estimate of drug-likeness (QED) is 0.421. The van der Waals surface area contributed by atoms with Crippen LogP contribution in [-0.2, 0) is 13.0 Å². The van der Waals surface area contributed by atoms with Crippen LogP contribution in [0.25, 0.3) is 0 Å². The van der Waals surface area contributed by atoms with Crippen molar-refractivity contribution in [2.45, 2.75) is 26.3 Å². The molecule has 3 aromatic rings. The van der Waals surface area contributed by atoms with Crippen molar-refractivity contribution in [2.24, 2.45) is 4.99 Å².